The van der Waals surface area contributed by atoms with Gasteiger partial charge in [-0.2, -0.15) is 0 Å². The number of ether oxygens (including phenoxy) is 1. The summed E-state index contributed by atoms with van der Waals surface area (Å²) in [5.74, 6) is 1.33. The molecule has 0 aliphatic heterocycles. The Balaban J connectivity index is 1.84. The van der Waals surface area contributed by atoms with E-state index in [2.05, 4.69) is 24.5 Å². The number of aliphatic hydroxyl groups is 1. The largest absolute Gasteiger partial charge is 0.493 e. The molecule has 2 atom stereocenters. The van der Waals surface area contributed by atoms with Gasteiger partial charge in [-0.15, -0.1) is 0 Å². The molecule has 0 radical (unpaired) electrons. The molecule has 5 heteroatoms. The molecule has 2 rings (SSSR count). The Kier molecular flexibility index (Phi) is 5.83. The number of carbonyl (C=O) groups is 1. The number of rotatable bonds is 6. The van der Waals surface area contributed by atoms with Crippen LogP contribution in [0.3, 0.4) is 0 Å². The number of carbonyl (C=O) groups excluding carboxylic acids is 1. The summed E-state index contributed by atoms with van der Waals surface area (Å²) in [4.78, 5) is 12.0. The van der Waals surface area contributed by atoms with Gasteiger partial charge >= 0.3 is 6.03 Å². The smallest absolute Gasteiger partial charge is 0.319 e. The monoisotopic (exact) mass is 304 g/mol. The summed E-state index contributed by atoms with van der Waals surface area (Å²) in [5, 5.41) is 14.8. The van der Waals surface area contributed by atoms with Gasteiger partial charge < -0.3 is 20.5 Å². The van der Waals surface area contributed by atoms with Crippen molar-refractivity contribution in [2.45, 2.75) is 26.3 Å². The number of anilines is 1. The first-order chi connectivity index (χ1) is 10.6. The average molecular weight is 304 g/mol. The quantitative estimate of drug-likeness (QED) is 0.708. The molecule has 0 heterocycles. The number of amides is 2. The summed E-state index contributed by atoms with van der Waals surface area (Å²) >= 11 is 0. The second-order valence-electron chi connectivity index (χ2n) is 6.00. The fourth-order valence-corrected chi connectivity index (χ4v) is 2.28. The van der Waals surface area contributed by atoms with E-state index >= 15 is 0 Å². The molecule has 0 unspecified atom stereocenters. The van der Waals surface area contributed by atoms with Gasteiger partial charge in [-0.3, -0.25) is 0 Å². The Hall–Kier alpha value is -2.01. The van der Waals surface area contributed by atoms with Crippen LogP contribution >= 0.6 is 0 Å². The van der Waals surface area contributed by atoms with Crippen LogP contribution in [0.15, 0.2) is 36.4 Å². The molecule has 1 aromatic rings. The number of urea groups is 1. The van der Waals surface area contributed by atoms with Crippen molar-refractivity contribution in [3.05, 3.63) is 36.4 Å². The molecule has 5 nitrogen and oxygen atoms in total. The molecule has 120 valence electrons. The van der Waals surface area contributed by atoms with Gasteiger partial charge in [0.1, 0.15) is 5.75 Å². The molecule has 3 N–H and O–H groups in total. The molecule has 0 bridgehead atoms. The Bertz CT molecular complexity index is 528. The zero-order valence-electron chi connectivity index (χ0n) is 13.1. The Morgan fingerprint density at radius 3 is 2.91 bits per heavy atom. The van der Waals surface area contributed by atoms with Crippen molar-refractivity contribution in [3.8, 4) is 5.75 Å². The highest BCUT2D eigenvalue weighted by Gasteiger charge is 2.19. The third kappa shape index (κ3) is 5.07. The van der Waals surface area contributed by atoms with Gasteiger partial charge in [-0.1, -0.05) is 32.1 Å². The Morgan fingerprint density at radius 1 is 1.41 bits per heavy atom. The van der Waals surface area contributed by atoms with Crippen molar-refractivity contribution in [2.24, 2.45) is 11.8 Å². The summed E-state index contributed by atoms with van der Waals surface area (Å²) in [5.41, 5.74) is 0.694. The molecule has 2 amide bonds. The van der Waals surface area contributed by atoms with Crippen LogP contribution in [0.2, 0.25) is 0 Å². The van der Waals surface area contributed by atoms with Gasteiger partial charge in [0.2, 0.25) is 0 Å². The van der Waals surface area contributed by atoms with Crippen LogP contribution in [0.4, 0.5) is 10.5 Å². The van der Waals surface area contributed by atoms with Crippen molar-refractivity contribution >= 4 is 11.7 Å². The van der Waals surface area contributed by atoms with Crippen LogP contribution in [0, 0.1) is 11.8 Å². The fraction of sp³-hybridized carbons (Fsp3) is 0.471. The van der Waals surface area contributed by atoms with E-state index in [4.69, 9.17) is 9.84 Å². The standard InChI is InChI=1S/C17H24N2O3/c1-12(2)11-22-16-5-3-4-14(9-16)18-17(21)19-15-7-6-13(8-15)10-20/h3-7,9,12-13,15,20H,8,10-11H2,1-2H3,(H2,18,19,21)/t13-,15+/m0/s1. The van der Waals surface area contributed by atoms with E-state index in [1.807, 2.05) is 36.4 Å². The van der Waals surface area contributed by atoms with Crippen LogP contribution in [-0.2, 0) is 0 Å². The molecule has 0 saturated carbocycles. The van der Waals surface area contributed by atoms with Gasteiger partial charge in [0.25, 0.3) is 0 Å². The lowest BCUT2D eigenvalue weighted by Gasteiger charge is -2.14. The summed E-state index contributed by atoms with van der Waals surface area (Å²) in [7, 11) is 0. The van der Waals surface area contributed by atoms with E-state index in [9.17, 15) is 4.79 Å². The maximum absolute atomic E-state index is 12.0. The lowest BCUT2D eigenvalue weighted by atomic mass is 10.1. The van der Waals surface area contributed by atoms with Gasteiger partial charge in [0, 0.05) is 30.3 Å². The van der Waals surface area contributed by atoms with Gasteiger partial charge in [0.05, 0.1) is 6.61 Å². The van der Waals surface area contributed by atoms with Crippen molar-refractivity contribution < 1.29 is 14.6 Å². The lowest BCUT2D eigenvalue weighted by molar-refractivity contribution is 0.238. The van der Waals surface area contributed by atoms with Gasteiger partial charge in [-0.25, -0.2) is 4.79 Å². The second kappa shape index (κ2) is 7.84. The normalized spacial score (nSPS) is 20.2. The minimum Gasteiger partial charge on any atom is -0.493 e. The molecule has 0 aromatic heterocycles. The fourth-order valence-electron chi connectivity index (χ4n) is 2.28. The first kappa shape index (κ1) is 16.4. The molecule has 1 aromatic carbocycles. The highest BCUT2D eigenvalue weighted by molar-refractivity contribution is 5.89. The molecular formula is C17H24N2O3. The van der Waals surface area contributed by atoms with Crippen molar-refractivity contribution in [1.82, 2.24) is 5.32 Å². The van der Waals surface area contributed by atoms with E-state index in [0.717, 1.165) is 12.2 Å². The van der Waals surface area contributed by atoms with E-state index in [-0.39, 0.29) is 24.6 Å². The zero-order chi connectivity index (χ0) is 15.9. The summed E-state index contributed by atoms with van der Waals surface area (Å²) in [6, 6.07) is 7.07. The maximum Gasteiger partial charge on any atom is 0.319 e. The number of aliphatic hydroxyl groups excluding tert-OH is 1. The van der Waals surface area contributed by atoms with E-state index < -0.39 is 0 Å². The number of hydrogen-bond acceptors (Lipinski definition) is 3. The van der Waals surface area contributed by atoms with Crippen molar-refractivity contribution in [1.29, 1.82) is 0 Å². The maximum atomic E-state index is 12.0. The van der Waals surface area contributed by atoms with Crippen LogP contribution in [-0.4, -0.2) is 30.4 Å². The number of nitrogens with one attached hydrogen (secondary N) is 2. The molecule has 1 aliphatic carbocycles. The summed E-state index contributed by atoms with van der Waals surface area (Å²) < 4.78 is 5.64. The molecular weight excluding hydrogens is 280 g/mol. The number of benzene rings is 1. The first-order valence-electron chi connectivity index (χ1n) is 7.66. The second-order valence-corrected chi connectivity index (χ2v) is 6.00. The van der Waals surface area contributed by atoms with Crippen LogP contribution in [0.1, 0.15) is 20.3 Å². The van der Waals surface area contributed by atoms with E-state index in [1.54, 1.807) is 0 Å². The summed E-state index contributed by atoms with van der Waals surface area (Å²) in [6.45, 7) is 4.94. The van der Waals surface area contributed by atoms with Crippen molar-refractivity contribution in [3.63, 3.8) is 0 Å². The average Bonchev–Trinajstić information content (AvgIpc) is 2.93. The minimum atomic E-state index is -0.255. The first-order valence-corrected chi connectivity index (χ1v) is 7.66. The van der Waals surface area contributed by atoms with Crippen molar-refractivity contribution in [2.75, 3.05) is 18.5 Å². The third-order valence-corrected chi connectivity index (χ3v) is 3.40. The van der Waals surface area contributed by atoms with Gasteiger partial charge in [-0.05, 0) is 24.5 Å². The number of hydrogen-bond donors (Lipinski definition) is 3. The summed E-state index contributed by atoms with van der Waals surface area (Å²) in [6.07, 6.45) is 4.59. The molecule has 22 heavy (non-hydrogen) atoms. The molecule has 1 aliphatic rings. The third-order valence-electron chi connectivity index (χ3n) is 3.40. The van der Waals surface area contributed by atoms with Crippen LogP contribution in [0.5, 0.6) is 5.75 Å². The highest BCUT2D eigenvalue weighted by atomic mass is 16.5. The van der Waals surface area contributed by atoms with Gasteiger partial charge in [0.15, 0.2) is 0 Å². The zero-order valence-corrected chi connectivity index (χ0v) is 13.1. The Labute approximate surface area is 131 Å². The molecule has 0 saturated heterocycles. The topological polar surface area (TPSA) is 70.6 Å². The minimum absolute atomic E-state index is 0.0301. The lowest BCUT2D eigenvalue weighted by Crippen LogP contribution is -2.36. The van der Waals surface area contributed by atoms with Crippen LogP contribution < -0.4 is 15.4 Å². The SMILES string of the molecule is CC(C)COc1cccc(NC(=O)N[C@@H]2C=C[C@H](CO)C2)c1. The highest BCUT2D eigenvalue weighted by Crippen LogP contribution is 2.19. The Morgan fingerprint density at radius 2 is 2.23 bits per heavy atom. The predicted octanol–water partition coefficient (Wildman–Crippen LogP) is 2.78. The predicted molar refractivity (Wildman–Crippen MR) is 87.1 cm³/mol. The molecule has 0 fully saturated rings. The molecule has 0 spiro atoms. The van der Waals surface area contributed by atoms with Crippen LogP contribution in [0.25, 0.3) is 0 Å². The van der Waals surface area contributed by atoms with E-state index in [0.29, 0.717) is 18.2 Å². The van der Waals surface area contributed by atoms with E-state index in [1.165, 1.54) is 0 Å².